The molecule has 1 aromatic heterocycles. The molecule has 1 saturated heterocycles. The minimum Gasteiger partial charge on any atom is -0.378 e. The molecule has 0 saturated carbocycles. The minimum absolute atomic E-state index is 0.542. The van der Waals surface area contributed by atoms with Crippen LogP contribution in [0.4, 0.5) is 23.0 Å². The lowest BCUT2D eigenvalue weighted by molar-refractivity contribution is 0.122. The molecule has 2 aromatic carbocycles. The molecule has 1 fully saturated rings. The molecule has 0 unspecified atom stereocenters. The Hall–Kier alpha value is -3.43. The first kappa shape index (κ1) is 17.0. The molecule has 1 aliphatic rings. The Kier molecular flexibility index (Phi) is 4.95. The topological polar surface area (TPSA) is 54.6 Å². The number of benzene rings is 2. The predicted molar refractivity (Wildman–Crippen MR) is 106 cm³/mol. The standard InChI is InChI=1S/C21H19N5O/c1-22-17-4-2-16(3-5-17)20-10-11-23-21(25-20)24-18-6-8-19(9-7-18)26-12-14-27-15-13-26/h2-11H,12-15H2,(H,23,24,25). The molecule has 6 nitrogen and oxygen atoms in total. The quantitative estimate of drug-likeness (QED) is 0.707. The van der Waals surface area contributed by atoms with Gasteiger partial charge in [-0.1, -0.05) is 24.3 Å². The van der Waals surface area contributed by atoms with E-state index < -0.39 is 0 Å². The van der Waals surface area contributed by atoms with Gasteiger partial charge < -0.3 is 15.0 Å². The molecule has 1 N–H and O–H groups in total. The second-order valence-corrected chi connectivity index (χ2v) is 6.20. The molecule has 6 heteroatoms. The second kappa shape index (κ2) is 7.85. The van der Waals surface area contributed by atoms with E-state index in [1.54, 1.807) is 18.3 Å². The summed E-state index contributed by atoms with van der Waals surface area (Å²) >= 11 is 0. The highest BCUT2D eigenvalue weighted by atomic mass is 16.5. The third-order valence-corrected chi connectivity index (χ3v) is 4.45. The first-order chi connectivity index (χ1) is 13.3. The third kappa shape index (κ3) is 4.05. The summed E-state index contributed by atoms with van der Waals surface area (Å²) in [6.45, 7) is 10.4. The summed E-state index contributed by atoms with van der Waals surface area (Å²) in [6, 6.07) is 17.5. The third-order valence-electron chi connectivity index (χ3n) is 4.45. The molecule has 0 spiro atoms. The van der Waals surface area contributed by atoms with Crippen LogP contribution in [0.25, 0.3) is 16.1 Å². The zero-order chi connectivity index (χ0) is 18.5. The van der Waals surface area contributed by atoms with Crippen molar-refractivity contribution in [2.45, 2.75) is 0 Å². The summed E-state index contributed by atoms with van der Waals surface area (Å²) < 4.78 is 5.40. The molecule has 0 radical (unpaired) electrons. The van der Waals surface area contributed by atoms with Crippen molar-refractivity contribution in [1.82, 2.24) is 9.97 Å². The van der Waals surface area contributed by atoms with Crippen molar-refractivity contribution in [2.75, 3.05) is 36.5 Å². The van der Waals surface area contributed by atoms with Crippen LogP contribution in [-0.4, -0.2) is 36.3 Å². The summed E-state index contributed by atoms with van der Waals surface area (Å²) in [5.41, 5.74) is 4.52. The van der Waals surface area contributed by atoms with Gasteiger partial charge in [-0.05, 0) is 35.9 Å². The van der Waals surface area contributed by atoms with Crippen LogP contribution in [-0.2, 0) is 4.74 Å². The maximum Gasteiger partial charge on any atom is 0.227 e. The highest BCUT2D eigenvalue weighted by molar-refractivity contribution is 5.65. The number of morpholine rings is 1. The van der Waals surface area contributed by atoms with Crippen molar-refractivity contribution in [3.05, 3.63) is 72.2 Å². The second-order valence-electron chi connectivity index (χ2n) is 6.20. The van der Waals surface area contributed by atoms with Crippen molar-refractivity contribution >= 4 is 23.0 Å². The Morgan fingerprint density at radius 3 is 2.41 bits per heavy atom. The largest absolute Gasteiger partial charge is 0.378 e. The number of rotatable bonds is 4. The normalized spacial score (nSPS) is 13.8. The van der Waals surface area contributed by atoms with E-state index in [0.717, 1.165) is 43.2 Å². The van der Waals surface area contributed by atoms with Gasteiger partial charge in [-0.2, -0.15) is 0 Å². The van der Waals surface area contributed by atoms with Crippen LogP contribution in [0.2, 0.25) is 0 Å². The van der Waals surface area contributed by atoms with Gasteiger partial charge in [-0.15, -0.1) is 0 Å². The van der Waals surface area contributed by atoms with Crippen molar-refractivity contribution in [3.63, 3.8) is 0 Å². The van der Waals surface area contributed by atoms with E-state index in [1.807, 2.05) is 30.3 Å². The first-order valence-electron chi connectivity index (χ1n) is 8.82. The van der Waals surface area contributed by atoms with Gasteiger partial charge in [0.15, 0.2) is 5.69 Å². The molecular weight excluding hydrogens is 338 g/mol. The molecule has 1 aliphatic heterocycles. The first-order valence-corrected chi connectivity index (χ1v) is 8.82. The van der Waals surface area contributed by atoms with E-state index >= 15 is 0 Å². The van der Waals surface area contributed by atoms with Crippen LogP contribution in [0.1, 0.15) is 0 Å². The highest BCUT2D eigenvalue weighted by Crippen LogP contribution is 2.24. The molecule has 2 heterocycles. The Morgan fingerprint density at radius 2 is 1.70 bits per heavy atom. The molecule has 134 valence electrons. The van der Waals surface area contributed by atoms with E-state index in [2.05, 4.69) is 37.2 Å². The number of nitrogens with zero attached hydrogens (tertiary/aromatic N) is 4. The summed E-state index contributed by atoms with van der Waals surface area (Å²) in [6.07, 6.45) is 1.73. The minimum atomic E-state index is 0.542. The number of aromatic nitrogens is 2. The number of ether oxygens (including phenoxy) is 1. The fraction of sp³-hybridized carbons (Fsp3) is 0.190. The van der Waals surface area contributed by atoms with E-state index in [1.165, 1.54) is 5.69 Å². The van der Waals surface area contributed by atoms with Crippen molar-refractivity contribution in [1.29, 1.82) is 0 Å². The van der Waals surface area contributed by atoms with Crippen LogP contribution in [0, 0.1) is 6.57 Å². The van der Waals surface area contributed by atoms with E-state index in [-0.39, 0.29) is 0 Å². The summed E-state index contributed by atoms with van der Waals surface area (Å²) in [4.78, 5) is 14.6. The molecular formula is C21H19N5O. The zero-order valence-electron chi connectivity index (χ0n) is 14.8. The van der Waals surface area contributed by atoms with Crippen LogP contribution in [0.3, 0.4) is 0 Å². The maximum atomic E-state index is 7.04. The average Bonchev–Trinajstić information content (AvgIpc) is 2.75. The van der Waals surface area contributed by atoms with Crippen LogP contribution < -0.4 is 10.2 Å². The number of nitrogens with one attached hydrogen (secondary N) is 1. The Balaban J connectivity index is 1.48. The predicted octanol–water partition coefficient (Wildman–Crippen LogP) is 4.27. The SMILES string of the molecule is [C-]#[N+]c1ccc(-c2ccnc(Nc3ccc(N4CCOCC4)cc3)n2)cc1. The molecule has 27 heavy (non-hydrogen) atoms. The van der Waals surface area contributed by atoms with Gasteiger partial charge in [-0.3, -0.25) is 0 Å². The van der Waals surface area contributed by atoms with Crippen LogP contribution >= 0.6 is 0 Å². The molecule has 0 aliphatic carbocycles. The number of anilines is 3. The van der Waals surface area contributed by atoms with Crippen molar-refractivity contribution in [3.8, 4) is 11.3 Å². The van der Waals surface area contributed by atoms with E-state index in [0.29, 0.717) is 11.6 Å². The summed E-state index contributed by atoms with van der Waals surface area (Å²) in [5, 5.41) is 3.25. The summed E-state index contributed by atoms with van der Waals surface area (Å²) in [7, 11) is 0. The Labute approximate surface area is 158 Å². The monoisotopic (exact) mass is 357 g/mol. The zero-order valence-corrected chi connectivity index (χ0v) is 14.8. The summed E-state index contributed by atoms with van der Waals surface area (Å²) in [5.74, 6) is 0.542. The Bertz CT molecular complexity index is 942. The molecule has 3 aromatic rings. The van der Waals surface area contributed by atoms with Gasteiger partial charge in [0.25, 0.3) is 0 Å². The smallest absolute Gasteiger partial charge is 0.227 e. The lowest BCUT2D eigenvalue weighted by Crippen LogP contribution is -2.36. The van der Waals surface area contributed by atoms with Gasteiger partial charge in [0.2, 0.25) is 5.95 Å². The highest BCUT2D eigenvalue weighted by Gasteiger charge is 2.11. The van der Waals surface area contributed by atoms with Crippen molar-refractivity contribution in [2.24, 2.45) is 0 Å². The van der Waals surface area contributed by atoms with Gasteiger partial charge in [0.1, 0.15) is 0 Å². The van der Waals surface area contributed by atoms with E-state index in [9.17, 15) is 0 Å². The fourth-order valence-corrected chi connectivity index (χ4v) is 2.99. The molecule has 4 rings (SSSR count). The van der Waals surface area contributed by atoms with Gasteiger partial charge in [0, 0.05) is 30.7 Å². The van der Waals surface area contributed by atoms with E-state index in [4.69, 9.17) is 11.3 Å². The van der Waals surface area contributed by atoms with Gasteiger partial charge in [-0.25, -0.2) is 14.8 Å². The number of hydrogen-bond acceptors (Lipinski definition) is 5. The lowest BCUT2D eigenvalue weighted by atomic mass is 10.1. The average molecular weight is 357 g/mol. The van der Waals surface area contributed by atoms with Gasteiger partial charge >= 0.3 is 0 Å². The lowest BCUT2D eigenvalue weighted by Gasteiger charge is -2.28. The van der Waals surface area contributed by atoms with Crippen molar-refractivity contribution < 1.29 is 4.74 Å². The molecule has 0 atom stereocenters. The maximum absolute atomic E-state index is 7.04. The molecule has 0 amide bonds. The number of hydrogen-bond donors (Lipinski definition) is 1. The fourth-order valence-electron chi connectivity index (χ4n) is 2.99. The molecule has 0 bridgehead atoms. The van der Waals surface area contributed by atoms with Crippen LogP contribution in [0.5, 0.6) is 0 Å². The van der Waals surface area contributed by atoms with Gasteiger partial charge in [0.05, 0.1) is 25.5 Å². The Morgan fingerprint density at radius 1 is 0.963 bits per heavy atom. The van der Waals surface area contributed by atoms with Crippen LogP contribution in [0.15, 0.2) is 60.8 Å².